The number of furan rings is 1. The van der Waals surface area contributed by atoms with E-state index < -0.39 is 0 Å². The Kier molecular flexibility index (Phi) is 3.36. The van der Waals surface area contributed by atoms with Gasteiger partial charge in [-0.25, -0.2) is 4.98 Å². The highest BCUT2D eigenvalue weighted by Crippen LogP contribution is 2.49. The Morgan fingerprint density at radius 3 is 2.53 bits per heavy atom. The van der Waals surface area contributed by atoms with Gasteiger partial charge in [0.25, 0.3) is 0 Å². The molecule has 0 radical (unpaired) electrons. The van der Waals surface area contributed by atoms with Crippen LogP contribution in [0.3, 0.4) is 0 Å². The summed E-state index contributed by atoms with van der Waals surface area (Å²) in [6.45, 7) is 8.75. The molecule has 3 nitrogen and oxygen atoms in total. The summed E-state index contributed by atoms with van der Waals surface area (Å²) in [5.41, 5.74) is 10.6. The Morgan fingerprint density at radius 1 is 0.867 bits per heavy atom. The third kappa shape index (κ3) is 2.20. The molecule has 1 aliphatic rings. The zero-order chi connectivity index (χ0) is 20.6. The minimum absolute atomic E-state index is 0.0810. The van der Waals surface area contributed by atoms with Crippen LogP contribution in [0.4, 0.5) is 0 Å². The van der Waals surface area contributed by atoms with Crippen LogP contribution in [-0.2, 0) is 5.41 Å². The van der Waals surface area contributed by atoms with Crippen LogP contribution in [0.2, 0.25) is 0 Å². The smallest absolute Gasteiger partial charge is 0.227 e. The lowest BCUT2D eigenvalue weighted by Crippen LogP contribution is -2.14. The summed E-state index contributed by atoms with van der Waals surface area (Å²) in [7, 11) is 0. The van der Waals surface area contributed by atoms with E-state index in [4.69, 9.17) is 9.40 Å². The maximum Gasteiger partial charge on any atom is 0.227 e. The van der Waals surface area contributed by atoms with Crippen molar-refractivity contribution in [3.05, 3.63) is 83.0 Å². The molecule has 5 aromatic rings. The first-order valence-electron chi connectivity index (χ1n) is 10.4. The van der Waals surface area contributed by atoms with Gasteiger partial charge in [-0.3, -0.25) is 4.98 Å². The Morgan fingerprint density at radius 2 is 1.70 bits per heavy atom. The molecule has 0 N–H and O–H groups in total. The normalized spacial score (nSPS) is 14.3. The second kappa shape index (κ2) is 5.79. The van der Waals surface area contributed by atoms with E-state index in [1.807, 2.05) is 12.3 Å². The molecule has 0 fully saturated rings. The SMILES string of the molecule is Cc1ccnc(-c2c(C)ccc3c2oc2nc4c(cc23)C(C)(C)c2ccccc2-4)c1. The molecule has 146 valence electrons. The van der Waals surface area contributed by atoms with Gasteiger partial charge in [0.05, 0.1) is 11.4 Å². The maximum absolute atomic E-state index is 6.42. The molecule has 0 amide bonds. The maximum atomic E-state index is 6.42. The predicted octanol–water partition coefficient (Wildman–Crippen LogP) is 6.97. The summed E-state index contributed by atoms with van der Waals surface area (Å²) in [4.78, 5) is 9.65. The van der Waals surface area contributed by atoms with Gasteiger partial charge in [-0.1, -0.05) is 50.2 Å². The molecule has 0 aliphatic heterocycles. The summed E-state index contributed by atoms with van der Waals surface area (Å²) in [5.74, 6) is 0. The van der Waals surface area contributed by atoms with Gasteiger partial charge in [0.2, 0.25) is 5.71 Å². The Bertz CT molecular complexity index is 1490. The van der Waals surface area contributed by atoms with Gasteiger partial charge < -0.3 is 4.42 Å². The Hall–Kier alpha value is -3.46. The average molecular weight is 390 g/mol. The van der Waals surface area contributed by atoms with Crippen molar-refractivity contribution >= 4 is 22.1 Å². The van der Waals surface area contributed by atoms with Gasteiger partial charge in [0.15, 0.2) is 0 Å². The van der Waals surface area contributed by atoms with E-state index in [-0.39, 0.29) is 5.41 Å². The van der Waals surface area contributed by atoms with Crippen LogP contribution < -0.4 is 0 Å². The predicted molar refractivity (Wildman–Crippen MR) is 122 cm³/mol. The monoisotopic (exact) mass is 390 g/mol. The van der Waals surface area contributed by atoms with Crippen LogP contribution >= 0.6 is 0 Å². The van der Waals surface area contributed by atoms with Gasteiger partial charge in [0.1, 0.15) is 5.58 Å². The van der Waals surface area contributed by atoms with Crippen molar-refractivity contribution < 1.29 is 4.42 Å². The molecule has 0 bridgehead atoms. The van der Waals surface area contributed by atoms with E-state index in [1.165, 1.54) is 22.3 Å². The molecule has 2 aromatic carbocycles. The van der Waals surface area contributed by atoms with Crippen molar-refractivity contribution in [1.29, 1.82) is 0 Å². The standard InChI is InChI=1S/C27H22N2O/c1-15-11-12-28-22(13-15)23-16(2)9-10-17-19-14-21-24(29-26(19)30-25(17)23)18-7-5-6-8-20(18)27(21,3)4/h5-14H,1-4H3. The summed E-state index contributed by atoms with van der Waals surface area (Å²) in [5, 5.41) is 2.16. The van der Waals surface area contributed by atoms with E-state index >= 15 is 0 Å². The number of rotatable bonds is 1. The fraction of sp³-hybridized carbons (Fsp3) is 0.185. The second-order valence-corrected chi connectivity index (χ2v) is 8.86. The number of nitrogens with zero attached hydrogens (tertiary/aromatic N) is 2. The molecular formula is C27H22N2O. The number of benzene rings is 2. The van der Waals surface area contributed by atoms with Gasteiger partial charge in [-0.15, -0.1) is 0 Å². The molecule has 0 unspecified atom stereocenters. The molecule has 1 aliphatic carbocycles. The van der Waals surface area contributed by atoms with Crippen LogP contribution in [0.15, 0.2) is 65.2 Å². The molecule has 3 heteroatoms. The lowest BCUT2D eigenvalue weighted by molar-refractivity contribution is 0.647. The lowest BCUT2D eigenvalue weighted by atomic mass is 9.82. The van der Waals surface area contributed by atoms with E-state index in [0.717, 1.165) is 38.9 Å². The van der Waals surface area contributed by atoms with Crippen molar-refractivity contribution in [2.45, 2.75) is 33.1 Å². The number of aryl methyl sites for hydroxylation is 2. The van der Waals surface area contributed by atoms with Gasteiger partial charge in [0, 0.05) is 33.5 Å². The average Bonchev–Trinajstić information content (AvgIpc) is 3.19. The fourth-order valence-electron chi connectivity index (χ4n) is 4.92. The largest absolute Gasteiger partial charge is 0.437 e. The second-order valence-electron chi connectivity index (χ2n) is 8.86. The molecule has 0 spiro atoms. The number of fused-ring (bicyclic) bond motifs is 6. The molecule has 6 rings (SSSR count). The third-order valence-corrected chi connectivity index (χ3v) is 6.54. The molecule has 3 heterocycles. The third-order valence-electron chi connectivity index (χ3n) is 6.54. The molecule has 3 aromatic heterocycles. The summed E-state index contributed by atoms with van der Waals surface area (Å²) in [6, 6.07) is 19.3. The first-order chi connectivity index (χ1) is 14.4. The number of aromatic nitrogens is 2. The van der Waals surface area contributed by atoms with Crippen LogP contribution in [0.5, 0.6) is 0 Å². The summed E-state index contributed by atoms with van der Waals surface area (Å²) in [6.07, 6.45) is 1.86. The molecule has 0 saturated heterocycles. The van der Waals surface area contributed by atoms with Crippen molar-refractivity contribution in [3.63, 3.8) is 0 Å². The highest BCUT2D eigenvalue weighted by atomic mass is 16.3. The molecule has 0 saturated carbocycles. The highest BCUT2D eigenvalue weighted by Gasteiger charge is 2.37. The molecule has 0 atom stereocenters. The van der Waals surface area contributed by atoms with Crippen LogP contribution in [0, 0.1) is 13.8 Å². The molecule has 30 heavy (non-hydrogen) atoms. The fourth-order valence-corrected chi connectivity index (χ4v) is 4.92. The van der Waals surface area contributed by atoms with Gasteiger partial charge in [-0.05, 0) is 54.3 Å². The minimum Gasteiger partial charge on any atom is -0.437 e. The van der Waals surface area contributed by atoms with Gasteiger partial charge >= 0.3 is 0 Å². The zero-order valence-corrected chi connectivity index (χ0v) is 17.6. The lowest BCUT2D eigenvalue weighted by Gasteiger charge is -2.20. The topological polar surface area (TPSA) is 38.9 Å². The first kappa shape index (κ1) is 17.4. The minimum atomic E-state index is -0.0810. The first-order valence-corrected chi connectivity index (χ1v) is 10.4. The quantitative estimate of drug-likeness (QED) is 0.310. The number of pyridine rings is 2. The van der Waals surface area contributed by atoms with E-state index in [9.17, 15) is 0 Å². The van der Waals surface area contributed by atoms with Crippen molar-refractivity contribution in [3.8, 4) is 22.5 Å². The Balaban J connectivity index is 1.70. The zero-order valence-electron chi connectivity index (χ0n) is 17.6. The highest BCUT2D eigenvalue weighted by molar-refractivity contribution is 6.10. The van der Waals surface area contributed by atoms with Crippen LogP contribution in [0.25, 0.3) is 44.6 Å². The van der Waals surface area contributed by atoms with Crippen molar-refractivity contribution in [1.82, 2.24) is 9.97 Å². The van der Waals surface area contributed by atoms with Crippen molar-refractivity contribution in [2.24, 2.45) is 0 Å². The Labute approximate surface area is 175 Å². The van der Waals surface area contributed by atoms with Crippen molar-refractivity contribution in [2.75, 3.05) is 0 Å². The van der Waals surface area contributed by atoms with Crippen LogP contribution in [0.1, 0.15) is 36.1 Å². The summed E-state index contributed by atoms with van der Waals surface area (Å²) >= 11 is 0. The molecular weight excluding hydrogens is 368 g/mol. The number of hydrogen-bond acceptors (Lipinski definition) is 3. The number of hydrogen-bond donors (Lipinski definition) is 0. The van der Waals surface area contributed by atoms with Crippen LogP contribution in [-0.4, -0.2) is 9.97 Å². The van der Waals surface area contributed by atoms with Gasteiger partial charge in [-0.2, -0.15) is 0 Å². The van der Waals surface area contributed by atoms with E-state index in [1.54, 1.807) is 0 Å². The van der Waals surface area contributed by atoms with E-state index in [2.05, 4.69) is 81.2 Å². The summed E-state index contributed by atoms with van der Waals surface area (Å²) < 4.78 is 6.42. The van der Waals surface area contributed by atoms with E-state index in [0.29, 0.717) is 5.71 Å².